The fourth-order valence-electron chi connectivity index (χ4n) is 1.27. The minimum absolute atomic E-state index is 0.0114. The molecular formula is C9H6F3N3O3. The van der Waals surface area contributed by atoms with Gasteiger partial charge in [0.15, 0.2) is 5.69 Å². The Morgan fingerprint density at radius 2 is 2.22 bits per heavy atom. The van der Waals surface area contributed by atoms with Crippen molar-refractivity contribution in [2.24, 2.45) is 0 Å². The first-order chi connectivity index (χ1) is 8.24. The summed E-state index contributed by atoms with van der Waals surface area (Å²) in [5.41, 5.74) is -0.506. The predicted octanol–water partition coefficient (Wildman–Crippen LogP) is 2.26. The third kappa shape index (κ3) is 3.31. The molecule has 0 aromatic carbocycles. The van der Waals surface area contributed by atoms with Crippen molar-refractivity contribution < 1.29 is 22.8 Å². The van der Waals surface area contributed by atoms with Gasteiger partial charge < -0.3 is 14.9 Å². The average molecular weight is 261 g/mol. The van der Waals surface area contributed by atoms with Gasteiger partial charge in [0.1, 0.15) is 11.3 Å². The third-order valence-electron chi connectivity index (χ3n) is 1.84. The van der Waals surface area contributed by atoms with Crippen molar-refractivity contribution in [2.75, 3.05) is 0 Å². The Balaban J connectivity index is 3.39. The molecule has 0 amide bonds. The van der Waals surface area contributed by atoms with Crippen LogP contribution in [0.2, 0.25) is 0 Å². The molecule has 9 heteroatoms. The van der Waals surface area contributed by atoms with Crippen LogP contribution in [0, 0.1) is 28.4 Å². The minimum atomic E-state index is -4.99. The molecule has 18 heavy (non-hydrogen) atoms. The molecule has 1 heterocycles. The second kappa shape index (κ2) is 4.87. The van der Waals surface area contributed by atoms with E-state index in [-0.39, 0.29) is 5.69 Å². The van der Waals surface area contributed by atoms with E-state index >= 15 is 0 Å². The Labute approximate surface area is 98.8 Å². The Morgan fingerprint density at radius 3 is 2.67 bits per heavy atom. The fourth-order valence-corrected chi connectivity index (χ4v) is 1.27. The normalized spacial score (nSPS) is 10.8. The number of nitriles is 1. The van der Waals surface area contributed by atoms with E-state index in [2.05, 4.69) is 9.72 Å². The van der Waals surface area contributed by atoms with Gasteiger partial charge in [0.2, 0.25) is 0 Å². The topological polar surface area (TPSA) is 89.0 Å². The molecule has 0 fully saturated rings. The van der Waals surface area contributed by atoms with Crippen LogP contribution in [0.1, 0.15) is 11.3 Å². The van der Waals surface area contributed by atoms with Gasteiger partial charge in [-0.3, -0.25) is 0 Å². The van der Waals surface area contributed by atoms with E-state index in [0.717, 1.165) is 6.07 Å². The Kier molecular flexibility index (Phi) is 3.70. The molecule has 0 aliphatic carbocycles. The second-order valence-corrected chi connectivity index (χ2v) is 3.20. The number of nitrogens with zero attached hydrogens (tertiary/aromatic N) is 3. The van der Waals surface area contributed by atoms with Gasteiger partial charge in [-0.05, 0) is 9.91 Å². The van der Waals surface area contributed by atoms with Crippen LogP contribution in [0.4, 0.5) is 19.0 Å². The molecule has 0 saturated carbocycles. The van der Waals surface area contributed by atoms with E-state index in [1.807, 2.05) is 0 Å². The summed E-state index contributed by atoms with van der Waals surface area (Å²) in [5.74, 6) is -1.58. The highest BCUT2D eigenvalue weighted by molar-refractivity contribution is 5.47. The summed E-state index contributed by atoms with van der Waals surface area (Å²) in [6.45, 7) is 1.28. The van der Waals surface area contributed by atoms with Crippen molar-refractivity contribution in [3.8, 4) is 11.8 Å². The number of hydrogen-bond donors (Lipinski definition) is 0. The van der Waals surface area contributed by atoms with Gasteiger partial charge >= 0.3 is 12.2 Å². The number of pyridine rings is 1. The van der Waals surface area contributed by atoms with Gasteiger partial charge in [-0.15, -0.1) is 13.2 Å². The van der Waals surface area contributed by atoms with Crippen molar-refractivity contribution in [3.63, 3.8) is 0 Å². The van der Waals surface area contributed by atoms with Crippen LogP contribution in [0.25, 0.3) is 0 Å². The molecule has 0 bridgehead atoms. The van der Waals surface area contributed by atoms with E-state index < -0.39 is 34.8 Å². The zero-order valence-corrected chi connectivity index (χ0v) is 8.98. The zero-order valence-electron chi connectivity index (χ0n) is 8.98. The maximum atomic E-state index is 12.1. The average Bonchev–Trinajstić information content (AvgIpc) is 2.19. The summed E-state index contributed by atoms with van der Waals surface area (Å²) in [4.78, 5) is 13.2. The van der Waals surface area contributed by atoms with Crippen LogP contribution in [0.5, 0.6) is 5.75 Å². The molecule has 1 aromatic rings. The van der Waals surface area contributed by atoms with E-state index in [0.29, 0.717) is 0 Å². The Morgan fingerprint density at radius 1 is 1.61 bits per heavy atom. The number of alkyl halides is 3. The summed E-state index contributed by atoms with van der Waals surface area (Å²) in [6.07, 6.45) is -5.60. The maximum Gasteiger partial charge on any atom is 0.573 e. The van der Waals surface area contributed by atoms with E-state index in [1.54, 1.807) is 0 Å². The standard InChI is InChI=1S/C9H6F3N3O3/c1-5-4-7(18-9(10,11)12)6(2-3-13)8(14-5)15(16)17/h4H,2H2,1H3. The number of rotatable bonds is 3. The second-order valence-electron chi connectivity index (χ2n) is 3.20. The summed E-state index contributed by atoms with van der Waals surface area (Å²) in [7, 11) is 0. The SMILES string of the molecule is Cc1cc(OC(F)(F)F)c(CC#N)c([N+](=O)[O-])n1. The summed E-state index contributed by atoms with van der Waals surface area (Å²) in [6, 6.07) is 2.43. The van der Waals surface area contributed by atoms with E-state index in [4.69, 9.17) is 5.26 Å². The third-order valence-corrected chi connectivity index (χ3v) is 1.84. The number of hydrogen-bond acceptors (Lipinski definition) is 5. The highest BCUT2D eigenvalue weighted by Gasteiger charge is 2.34. The van der Waals surface area contributed by atoms with Crippen molar-refractivity contribution in [3.05, 3.63) is 27.4 Å². The molecule has 6 nitrogen and oxygen atoms in total. The smallest absolute Gasteiger partial charge is 0.405 e. The van der Waals surface area contributed by atoms with Gasteiger partial charge in [0.05, 0.1) is 12.5 Å². The molecule has 96 valence electrons. The molecule has 1 rings (SSSR count). The highest BCUT2D eigenvalue weighted by Crippen LogP contribution is 2.32. The monoisotopic (exact) mass is 261 g/mol. The number of nitro groups is 1. The molecule has 0 radical (unpaired) electrons. The van der Waals surface area contributed by atoms with Crippen molar-refractivity contribution in [2.45, 2.75) is 19.7 Å². The lowest BCUT2D eigenvalue weighted by molar-refractivity contribution is -0.390. The number of aromatic nitrogens is 1. The van der Waals surface area contributed by atoms with Gasteiger partial charge in [0, 0.05) is 13.0 Å². The molecule has 0 saturated heterocycles. The first-order valence-electron chi connectivity index (χ1n) is 4.52. The van der Waals surface area contributed by atoms with Crippen LogP contribution in [-0.4, -0.2) is 16.3 Å². The fraction of sp³-hybridized carbons (Fsp3) is 0.333. The molecule has 0 spiro atoms. The van der Waals surface area contributed by atoms with Crippen LogP contribution >= 0.6 is 0 Å². The minimum Gasteiger partial charge on any atom is -0.405 e. The molecule has 0 aliphatic heterocycles. The molecule has 0 N–H and O–H groups in total. The first kappa shape index (κ1) is 13.7. The van der Waals surface area contributed by atoms with Gasteiger partial charge in [-0.2, -0.15) is 5.26 Å². The molecule has 1 aromatic heterocycles. The maximum absolute atomic E-state index is 12.1. The first-order valence-corrected chi connectivity index (χ1v) is 4.52. The van der Waals surface area contributed by atoms with Crippen molar-refractivity contribution >= 4 is 5.82 Å². The summed E-state index contributed by atoms with van der Waals surface area (Å²) < 4.78 is 40.1. The van der Waals surface area contributed by atoms with Gasteiger partial charge in [-0.1, -0.05) is 0 Å². The molecule has 0 aliphatic rings. The van der Waals surface area contributed by atoms with E-state index in [1.165, 1.54) is 13.0 Å². The number of ether oxygens (including phenoxy) is 1. The Bertz CT molecular complexity index is 522. The largest absolute Gasteiger partial charge is 0.573 e. The summed E-state index contributed by atoms with van der Waals surface area (Å²) in [5, 5.41) is 19.1. The lowest BCUT2D eigenvalue weighted by Crippen LogP contribution is -2.19. The molecule has 0 unspecified atom stereocenters. The number of aryl methyl sites for hydroxylation is 1. The number of halogens is 3. The molecular weight excluding hydrogens is 255 g/mol. The predicted molar refractivity (Wildman–Crippen MR) is 51.6 cm³/mol. The van der Waals surface area contributed by atoms with Gasteiger partial charge in [-0.25, -0.2) is 0 Å². The highest BCUT2D eigenvalue weighted by atomic mass is 19.4. The van der Waals surface area contributed by atoms with Crippen LogP contribution in [0.3, 0.4) is 0 Å². The lowest BCUT2D eigenvalue weighted by Gasteiger charge is -2.11. The van der Waals surface area contributed by atoms with Crippen molar-refractivity contribution in [1.82, 2.24) is 4.98 Å². The van der Waals surface area contributed by atoms with Crippen LogP contribution in [0.15, 0.2) is 6.07 Å². The molecule has 0 atom stereocenters. The van der Waals surface area contributed by atoms with Crippen LogP contribution in [-0.2, 0) is 6.42 Å². The Hall–Kier alpha value is -2.37. The quantitative estimate of drug-likeness (QED) is 0.615. The lowest BCUT2D eigenvalue weighted by atomic mass is 10.1. The van der Waals surface area contributed by atoms with Crippen molar-refractivity contribution in [1.29, 1.82) is 5.26 Å². The van der Waals surface area contributed by atoms with Gasteiger partial charge in [0.25, 0.3) is 0 Å². The zero-order chi connectivity index (χ0) is 13.9. The summed E-state index contributed by atoms with van der Waals surface area (Å²) >= 11 is 0. The van der Waals surface area contributed by atoms with E-state index in [9.17, 15) is 23.3 Å². The van der Waals surface area contributed by atoms with Crippen LogP contribution < -0.4 is 4.74 Å².